The third-order valence-electron chi connectivity index (χ3n) is 4.76. The van der Waals surface area contributed by atoms with Crippen LogP contribution in [-0.2, 0) is 0 Å². The van der Waals surface area contributed by atoms with Gasteiger partial charge in [-0.1, -0.05) is 0 Å². The van der Waals surface area contributed by atoms with Gasteiger partial charge in [0.2, 0.25) is 0 Å². The van der Waals surface area contributed by atoms with E-state index in [0.717, 1.165) is 0 Å². The number of amides is 1. The molecule has 1 aliphatic rings. The highest BCUT2D eigenvalue weighted by molar-refractivity contribution is 5.92. The van der Waals surface area contributed by atoms with Crippen LogP contribution in [-0.4, -0.2) is 54.1 Å². The lowest BCUT2D eigenvalue weighted by Crippen LogP contribution is -2.55. The number of nitrogens with one attached hydrogen (secondary N) is 1. The van der Waals surface area contributed by atoms with Crippen LogP contribution in [0.2, 0.25) is 0 Å². The van der Waals surface area contributed by atoms with Gasteiger partial charge in [0.25, 0.3) is 11.5 Å². The SMILES string of the molecule is Cc1nccc(C(=O)N2CC[C@@](C)(O)[C@H](n3cc(C)c(=O)[nH]c3=O)C2)n1. The van der Waals surface area contributed by atoms with E-state index in [1.165, 1.54) is 23.0 Å². The monoisotopic (exact) mass is 359 g/mol. The van der Waals surface area contributed by atoms with E-state index in [-0.39, 0.29) is 24.6 Å². The normalized spacial score (nSPS) is 23.1. The van der Waals surface area contributed by atoms with E-state index >= 15 is 0 Å². The first-order valence-electron chi connectivity index (χ1n) is 8.32. The van der Waals surface area contributed by atoms with Crippen molar-refractivity contribution in [2.45, 2.75) is 38.8 Å². The van der Waals surface area contributed by atoms with Crippen LogP contribution in [0.15, 0.2) is 28.0 Å². The number of aromatic amines is 1. The van der Waals surface area contributed by atoms with Crippen molar-refractivity contribution in [1.29, 1.82) is 0 Å². The van der Waals surface area contributed by atoms with Gasteiger partial charge in [-0.15, -0.1) is 0 Å². The van der Waals surface area contributed by atoms with Crippen molar-refractivity contribution in [3.63, 3.8) is 0 Å². The molecule has 1 saturated heterocycles. The van der Waals surface area contributed by atoms with Gasteiger partial charge < -0.3 is 10.0 Å². The minimum atomic E-state index is -1.20. The van der Waals surface area contributed by atoms with E-state index in [9.17, 15) is 19.5 Å². The topological polar surface area (TPSA) is 121 Å². The molecule has 0 bridgehead atoms. The molecule has 3 heterocycles. The van der Waals surface area contributed by atoms with Gasteiger partial charge in [-0.05, 0) is 33.3 Å². The number of nitrogens with zero attached hydrogens (tertiary/aromatic N) is 4. The maximum Gasteiger partial charge on any atom is 0.328 e. The fourth-order valence-electron chi connectivity index (χ4n) is 3.15. The molecule has 2 atom stereocenters. The number of aromatic nitrogens is 4. The minimum absolute atomic E-state index is 0.125. The summed E-state index contributed by atoms with van der Waals surface area (Å²) in [6.07, 6.45) is 3.23. The molecule has 9 nitrogen and oxygen atoms in total. The van der Waals surface area contributed by atoms with Crippen LogP contribution in [0.3, 0.4) is 0 Å². The number of carbonyl (C=O) groups is 1. The van der Waals surface area contributed by atoms with E-state index in [4.69, 9.17) is 0 Å². The van der Waals surface area contributed by atoms with Crippen molar-refractivity contribution >= 4 is 5.91 Å². The molecule has 2 aromatic rings. The van der Waals surface area contributed by atoms with Crippen LogP contribution in [0.1, 0.15) is 41.3 Å². The average Bonchev–Trinajstić information content (AvgIpc) is 2.58. The number of aryl methyl sites for hydroxylation is 2. The lowest BCUT2D eigenvalue weighted by molar-refractivity contribution is -0.0461. The smallest absolute Gasteiger partial charge is 0.328 e. The van der Waals surface area contributed by atoms with Gasteiger partial charge in [-0.2, -0.15) is 0 Å². The minimum Gasteiger partial charge on any atom is -0.388 e. The van der Waals surface area contributed by atoms with E-state index in [1.54, 1.807) is 25.7 Å². The second kappa shape index (κ2) is 6.49. The molecule has 3 rings (SSSR count). The zero-order chi connectivity index (χ0) is 19.1. The number of H-pyrrole nitrogens is 1. The van der Waals surface area contributed by atoms with Crippen LogP contribution in [0.4, 0.5) is 0 Å². The van der Waals surface area contributed by atoms with Crippen molar-refractivity contribution < 1.29 is 9.90 Å². The molecule has 0 aromatic carbocycles. The van der Waals surface area contributed by atoms with Crippen molar-refractivity contribution in [3.05, 3.63) is 56.4 Å². The number of aliphatic hydroxyl groups is 1. The maximum absolute atomic E-state index is 12.8. The third-order valence-corrected chi connectivity index (χ3v) is 4.76. The molecule has 0 unspecified atom stereocenters. The standard InChI is InChI=1S/C17H21N5O4/c1-10-8-22(16(25)20-14(10)23)13-9-21(7-5-17(13,3)26)15(24)12-4-6-18-11(2)19-12/h4,6,8,13,26H,5,7,9H2,1-3H3,(H,20,23,25)/t13-,17-/m1/s1. The van der Waals surface area contributed by atoms with Crippen LogP contribution in [0.5, 0.6) is 0 Å². The van der Waals surface area contributed by atoms with Gasteiger partial charge in [0.15, 0.2) is 0 Å². The highest BCUT2D eigenvalue weighted by Gasteiger charge is 2.41. The number of hydrogen-bond acceptors (Lipinski definition) is 6. The van der Waals surface area contributed by atoms with Gasteiger partial charge in [-0.25, -0.2) is 14.8 Å². The fraction of sp³-hybridized carbons (Fsp3) is 0.471. The van der Waals surface area contributed by atoms with Gasteiger partial charge >= 0.3 is 5.69 Å². The molecule has 1 fully saturated rings. The Morgan fingerprint density at radius 1 is 1.38 bits per heavy atom. The number of hydrogen-bond donors (Lipinski definition) is 2. The molecular formula is C17H21N5O4. The Labute approximate surface area is 149 Å². The molecule has 2 N–H and O–H groups in total. The van der Waals surface area contributed by atoms with Gasteiger partial charge in [-0.3, -0.25) is 19.1 Å². The van der Waals surface area contributed by atoms with Crippen molar-refractivity contribution in [2.75, 3.05) is 13.1 Å². The summed E-state index contributed by atoms with van der Waals surface area (Å²) in [5.41, 5.74) is -1.66. The average molecular weight is 359 g/mol. The molecule has 0 spiro atoms. The summed E-state index contributed by atoms with van der Waals surface area (Å²) in [7, 11) is 0. The summed E-state index contributed by atoms with van der Waals surface area (Å²) in [4.78, 5) is 48.5. The summed E-state index contributed by atoms with van der Waals surface area (Å²) in [5.74, 6) is 0.203. The molecule has 1 amide bonds. The van der Waals surface area contributed by atoms with Crippen LogP contribution >= 0.6 is 0 Å². The highest BCUT2D eigenvalue weighted by Crippen LogP contribution is 2.31. The summed E-state index contributed by atoms with van der Waals surface area (Å²) < 4.78 is 1.29. The molecule has 0 radical (unpaired) electrons. The number of likely N-dealkylation sites (tertiary alicyclic amines) is 1. The lowest BCUT2D eigenvalue weighted by Gasteiger charge is -2.43. The largest absolute Gasteiger partial charge is 0.388 e. The number of carbonyl (C=O) groups excluding carboxylic acids is 1. The third kappa shape index (κ3) is 3.30. The zero-order valence-electron chi connectivity index (χ0n) is 14.9. The van der Waals surface area contributed by atoms with Crippen LogP contribution in [0, 0.1) is 13.8 Å². The van der Waals surface area contributed by atoms with E-state index in [2.05, 4.69) is 15.0 Å². The summed E-state index contributed by atoms with van der Waals surface area (Å²) >= 11 is 0. The van der Waals surface area contributed by atoms with E-state index in [0.29, 0.717) is 17.9 Å². The number of piperidine rings is 1. The Kier molecular flexibility index (Phi) is 4.49. The van der Waals surface area contributed by atoms with Crippen molar-refractivity contribution in [2.24, 2.45) is 0 Å². The number of rotatable bonds is 2. The Hall–Kier alpha value is -2.81. The zero-order valence-corrected chi connectivity index (χ0v) is 14.9. The fourth-order valence-corrected chi connectivity index (χ4v) is 3.15. The maximum atomic E-state index is 12.8. The van der Waals surface area contributed by atoms with Crippen LogP contribution < -0.4 is 11.2 Å². The van der Waals surface area contributed by atoms with E-state index in [1.807, 2.05) is 0 Å². The van der Waals surface area contributed by atoms with Gasteiger partial charge in [0, 0.05) is 31.0 Å². The van der Waals surface area contributed by atoms with Crippen molar-refractivity contribution in [1.82, 2.24) is 24.4 Å². The van der Waals surface area contributed by atoms with Crippen LogP contribution in [0.25, 0.3) is 0 Å². The Balaban J connectivity index is 1.95. The first kappa shape index (κ1) is 18.0. The molecule has 2 aromatic heterocycles. The van der Waals surface area contributed by atoms with Gasteiger partial charge in [0.1, 0.15) is 11.5 Å². The molecule has 0 aliphatic carbocycles. The summed E-state index contributed by atoms with van der Waals surface area (Å²) in [6.45, 7) is 5.37. The molecule has 9 heteroatoms. The Morgan fingerprint density at radius 3 is 2.81 bits per heavy atom. The molecular weight excluding hydrogens is 338 g/mol. The van der Waals surface area contributed by atoms with Crippen molar-refractivity contribution in [3.8, 4) is 0 Å². The lowest BCUT2D eigenvalue weighted by atomic mass is 9.88. The second-order valence-electron chi connectivity index (χ2n) is 6.84. The molecule has 0 saturated carbocycles. The summed E-state index contributed by atoms with van der Waals surface area (Å²) in [6, 6.07) is 0.846. The molecule has 1 aliphatic heterocycles. The second-order valence-corrected chi connectivity index (χ2v) is 6.84. The summed E-state index contributed by atoms with van der Waals surface area (Å²) in [5, 5.41) is 10.8. The first-order chi connectivity index (χ1) is 12.2. The predicted molar refractivity (Wildman–Crippen MR) is 93.0 cm³/mol. The Morgan fingerprint density at radius 2 is 2.12 bits per heavy atom. The van der Waals surface area contributed by atoms with E-state index < -0.39 is 22.9 Å². The Bertz CT molecular complexity index is 962. The quantitative estimate of drug-likeness (QED) is 0.765. The predicted octanol–water partition coefficient (Wildman–Crippen LogP) is -0.218. The highest BCUT2D eigenvalue weighted by atomic mass is 16.3. The van der Waals surface area contributed by atoms with Gasteiger partial charge in [0.05, 0.1) is 11.6 Å². The molecule has 26 heavy (non-hydrogen) atoms. The molecule has 138 valence electrons. The first-order valence-corrected chi connectivity index (χ1v) is 8.32.